The van der Waals surface area contributed by atoms with Gasteiger partial charge in [-0.1, -0.05) is 12.1 Å². The monoisotopic (exact) mass is 340 g/mol. The number of amides is 1. The molecule has 2 aromatic heterocycles. The quantitative estimate of drug-likeness (QED) is 0.431. The second kappa shape index (κ2) is 6.14. The molecule has 3 N–H and O–H groups in total. The topological polar surface area (TPSA) is 88.5 Å². The fraction of sp³-hybridized carbons (Fsp3) is 0.235. The van der Waals surface area contributed by atoms with Crippen molar-refractivity contribution in [2.45, 2.75) is 18.9 Å². The maximum absolute atomic E-state index is 13.6. The summed E-state index contributed by atoms with van der Waals surface area (Å²) >= 11 is 0. The summed E-state index contributed by atoms with van der Waals surface area (Å²) in [5.74, 6) is 5.22. The molecule has 8 heteroatoms. The van der Waals surface area contributed by atoms with Crippen LogP contribution in [-0.4, -0.2) is 27.0 Å². The number of aromatic nitrogens is 3. The summed E-state index contributed by atoms with van der Waals surface area (Å²) in [5, 5.41) is 4.55. The molecule has 0 aliphatic carbocycles. The SMILES string of the molecule is NNC(=O)c1cnc2ccc(N3CCCC3c3cccc(F)c3)nn12. The molecule has 1 fully saturated rings. The van der Waals surface area contributed by atoms with E-state index in [1.807, 2.05) is 12.1 Å². The van der Waals surface area contributed by atoms with Gasteiger partial charge in [-0.2, -0.15) is 0 Å². The molecule has 1 amide bonds. The third-order valence-corrected chi connectivity index (χ3v) is 4.49. The lowest BCUT2D eigenvalue weighted by Gasteiger charge is -2.26. The Balaban J connectivity index is 1.74. The molecule has 0 bridgehead atoms. The van der Waals surface area contributed by atoms with E-state index in [-0.39, 0.29) is 17.6 Å². The maximum Gasteiger partial charge on any atom is 0.285 e. The lowest BCUT2D eigenvalue weighted by molar-refractivity contribution is 0.0946. The van der Waals surface area contributed by atoms with Crippen LogP contribution >= 0.6 is 0 Å². The minimum Gasteiger partial charge on any atom is -0.348 e. The zero-order valence-corrected chi connectivity index (χ0v) is 13.4. The number of carbonyl (C=O) groups excluding carboxylic acids is 1. The predicted molar refractivity (Wildman–Crippen MR) is 90.4 cm³/mol. The van der Waals surface area contributed by atoms with Crippen molar-refractivity contribution in [2.24, 2.45) is 5.84 Å². The van der Waals surface area contributed by atoms with Crippen LogP contribution in [0.4, 0.5) is 10.2 Å². The van der Waals surface area contributed by atoms with Crippen molar-refractivity contribution in [1.29, 1.82) is 0 Å². The molecule has 1 atom stereocenters. The highest BCUT2D eigenvalue weighted by Crippen LogP contribution is 2.35. The molecule has 25 heavy (non-hydrogen) atoms. The number of halogens is 1. The van der Waals surface area contributed by atoms with E-state index in [4.69, 9.17) is 5.84 Å². The highest BCUT2D eigenvalue weighted by Gasteiger charge is 2.28. The first-order valence-electron chi connectivity index (χ1n) is 8.05. The number of hydrazine groups is 1. The van der Waals surface area contributed by atoms with Crippen LogP contribution in [0, 0.1) is 5.82 Å². The van der Waals surface area contributed by atoms with Crippen molar-refractivity contribution in [3.63, 3.8) is 0 Å². The number of hydrogen-bond donors (Lipinski definition) is 2. The normalized spacial score (nSPS) is 17.2. The van der Waals surface area contributed by atoms with Gasteiger partial charge in [-0.05, 0) is 42.7 Å². The Morgan fingerprint density at radius 3 is 3.00 bits per heavy atom. The predicted octanol–water partition coefficient (Wildman–Crippen LogP) is 1.81. The smallest absolute Gasteiger partial charge is 0.285 e. The minimum absolute atomic E-state index is 0.0518. The molecule has 0 spiro atoms. The van der Waals surface area contributed by atoms with Crippen LogP contribution in [0.3, 0.4) is 0 Å². The first kappa shape index (κ1) is 15.5. The van der Waals surface area contributed by atoms with Gasteiger partial charge in [-0.3, -0.25) is 10.2 Å². The van der Waals surface area contributed by atoms with E-state index < -0.39 is 5.91 Å². The van der Waals surface area contributed by atoms with Crippen molar-refractivity contribution in [2.75, 3.05) is 11.4 Å². The Bertz CT molecular complexity index is 940. The van der Waals surface area contributed by atoms with Crippen molar-refractivity contribution in [1.82, 2.24) is 20.0 Å². The van der Waals surface area contributed by atoms with Gasteiger partial charge in [0.15, 0.2) is 11.3 Å². The van der Waals surface area contributed by atoms with Gasteiger partial charge in [-0.15, -0.1) is 5.10 Å². The van der Waals surface area contributed by atoms with Gasteiger partial charge in [0.25, 0.3) is 5.91 Å². The van der Waals surface area contributed by atoms with E-state index in [0.29, 0.717) is 11.5 Å². The number of nitrogen functional groups attached to an aromatic ring is 1. The largest absolute Gasteiger partial charge is 0.348 e. The summed E-state index contributed by atoms with van der Waals surface area (Å²) in [4.78, 5) is 18.1. The first-order valence-corrected chi connectivity index (χ1v) is 8.05. The van der Waals surface area contributed by atoms with Crippen molar-refractivity contribution >= 4 is 17.4 Å². The molecule has 4 rings (SSSR count). The fourth-order valence-corrected chi connectivity index (χ4v) is 3.35. The van der Waals surface area contributed by atoms with Crippen LogP contribution in [0.25, 0.3) is 5.65 Å². The van der Waals surface area contributed by atoms with Crippen LogP contribution in [0.2, 0.25) is 0 Å². The van der Waals surface area contributed by atoms with Crippen LogP contribution in [0.5, 0.6) is 0 Å². The Hall–Kier alpha value is -3.00. The lowest BCUT2D eigenvalue weighted by atomic mass is 10.0. The number of nitrogens with zero attached hydrogens (tertiary/aromatic N) is 4. The zero-order chi connectivity index (χ0) is 17.4. The Labute approximate surface area is 143 Å². The summed E-state index contributed by atoms with van der Waals surface area (Å²) in [7, 11) is 0. The lowest BCUT2D eigenvalue weighted by Crippen LogP contribution is -2.31. The highest BCUT2D eigenvalue weighted by atomic mass is 19.1. The third kappa shape index (κ3) is 2.70. The summed E-state index contributed by atoms with van der Waals surface area (Å²) in [6, 6.07) is 10.4. The van der Waals surface area contributed by atoms with E-state index in [9.17, 15) is 9.18 Å². The average molecular weight is 340 g/mol. The number of nitrogens with two attached hydrogens (primary N) is 1. The second-order valence-electron chi connectivity index (χ2n) is 5.98. The van der Waals surface area contributed by atoms with Gasteiger partial charge in [0.2, 0.25) is 0 Å². The van der Waals surface area contributed by atoms with E-state index >= 15 is 0 Å². The number of rotatable bonds is 3. The molecule has 1 aromatic carbocycles. The molecule has 1 saturated heterocycles. The number of carbonyl (C=O) groups is 1. The summed E-state index contributed by atoms with van der Waals surface area (Å²) in [6.45, 7) is 0.812. The Morgan fingerprint density at radius 2 is 2.20 bits per heavy atom. The van der Waals surface area contributed by atoms with E-state index in [0.717, 1.165) is 24.9 Å². The van der Waals surface area contributed by atoms with Gasteiger partial charge in [0.1, 0.15) is 11.6 Å². The standard InChI is InChI=1S/C17H17FN6O/c18-12-4-1-3-11(9-12)13-5-2-8-23(13)16-7-6-15-20-10-14(17(25)21-19)24(15)22-16/h1,3-4,6-7,9-10,13H,2,5,8,19H2,(H,21,25). The molecular weight excluding hydrogens is 323 g/mol. The first-order chi connectivity index (χ1) is 12.2. The molecule has 0 saturated carbocycles. The molecule has 3 heterocycles. The second-order valence-corrected chi connectivity index (χ2v) is 5.98. The van der Waals surface area contributed by atoms with Gasteiger partial charge >= 0.3 is 0 Å². The van der Waals surface area contributed by atoms with Gasteiger partial charge in [0.05, 0.1) is 12.2 Å². The highest BCUT2D eigenvalue weighted by molar-refractivity contribution is 5.92. The molecule has 7 nitrogen and oxygen atoms in total. The number of nitrogens with one attached hydrogen (secondary N) is 1. The Kier molecular flexibility index (Phi) is 3.81. The fourth-order valence-electron chi connectivity index (χ4n) is 3.35. The molecule has 0 radical (unpaired) electrons. The van der Waals surface area contributed by atoms with E-state index in [1.54, 1.807) is 18.2 Å². The molecule has 1 aliphatic heterocycles. The maximum atomic E-state index is 13.6. The van der Waals surface area contributed by atoms with Crippen molar-refractivity contribution < 1.29 is 9.18 Å². The van der Waals surface area contributed by atoms with Gasteiger partial charge in [0, 0.05) is 6.54 Å². The molecule has 1 aliphatic rings. The van der Waals surface area contributed by atoms with E-state index in [2.05, 4.69) is 20.4 Å². The summed E-state index contributed by atoms with van der Waals surface area (Å²) < 4.78 is 15.1. The van der Waals surface area contributed by atoms with E-state index in [1.165, 1.54) is 16.8 Å². The van der Waals surface area contributed by atoms with Crippen LogP contribution < -0.4 is 16.2 Å². The van der Waals surface area contributed by atoms with Gasteiger partial charge < -0.3 is 4.90 Å². The molecule has 128 valence electrons. The number of anilines is 1. The molecular formula is C17H17FN6O. The van der Waals surface area contributed by atoms with Crippen molar-refractivity contribution in [3.8, 4) is 0 Å². The zero-order valence-electron chi connectivity index (χ0n) is 13.4. The number of hydrogen-bond acceptors (Lipinski definition) is 5. The summed E-state index contributed by atoms with van der Waals surface area (Å²) in [5.41, 5.74) is 3.84. The van der Waals surface area contributed by atoms with Crippen LogP contribution in [-0.2, 0) is 0 Å². The average Bonchev–Trinajstić information content (AvgIpc) is 3.27. The van der Waals surface area contributed by atoms with Crippen LogP contribution in [0.15, 0.2) is 42.6 Å². The molecule has 1 unspecified atom stereocenters. The number of fused-ring (bicyclic) bond motifs is 1. The summed E-state index contributed by atoms with van der Waals surface area (Å²) in [6.07, 6.45) is 3.34. The Morgan fingerprint density at radius 1 is 1.32 bits per heavy atom. The molecule has 3 aromatic rings. The van der Waals surface area contributed by atoms with Crippen molar-refractivity contribution in [3.05, 3.63) is 59.7 Å². The van der Waals surface area contributed by atoms with Crippen LogP contribution in [0.1, 0.15) is 34.9 Å². The third-order valence-electron chi connectivity index (χ3n) is 4.49. The number of benzene rings is 1. The number of imidazole rings is 1. The minimum atomic E-state index is -0.458. The van der Waals surface area contributed by atoms with Gasteiger partial charge in [-0.25, -0.2) is 19.7 Å².